The second-order valence-electron chi connectivity index (χ2n) is 5.32. The number of amides is 1. The van der Waals surface area contributed by atoms with Crippen molar-refractivity contribution in [3.05, 3.63) is 29.3 Å². The van der Waals surface area contributed by atoms with Gasteiger partial charge in [-0.15, -0.1) is 0 Å². The minimum atomic E-state index is -0.0298. The summed E-state index contributed by atoms with van der Waals surface area (Å²) in [5.74, 6) is 1.36. The molecule has 4 nitrogen and oxygen atoms in total. The Balaban J connectivity index is 1.92. The molecule has 102 valence electrons. The molecule has 1 saturated carbocycles. The van der Waals surface area contributed by atoms with Crippen LogP contribution in [-0.2, 0) is 0 Å². The highest BCUT2D eigenvalue weighted by Crippen LogP contribution is 2.38. The van der Waals surface area contributed by atoms with Gasteiger partial charge in [-0.1, -0.05) is 12.5 Å². The molecule has 0 bridgehead atoms. The lowest BCUT2D eigenvalue weighted by Crippen LogP contribution is -2.30. The Morgan fingerprint density at radius 1 is 1.42 bits per heavy atom. The molecule has 0 aromatic heterocycles. The number of carbonyl (C=O) groups excluding carboxylic acids is 1. The fraction of sp³-hybridized carbons (Fsp3) is 0.533. The lowest BCUT2D eigenvalue weighted by molar-refractivity contribution is 0.0957. The summed E-state index contributed by atoms with van der Waals surface area (Å²) in [4.78, 5) is 12.0. The predicted molar refractivity (Wildman–Crippen MR) is 73.4 cm³/mol. The summed E-state index contributed by atoms with van der Waals surface area (Å²) in [6, 6.07) is 6.33. The van der Waals surface area contributed by atoms with E-state index in [1.165, 1.54) is 24.8 Å². The van der Waals surface area contributed by atoms with E-state index in [1.807, 2.05) is 19.2 Å². The molecule has 19 heavy (non-hydrogen) atoms. The molecule has 1 atom stereocenters. The van der Waals surface area contributed by atoms with Gasteiger partial charge in [0.15, 0.2) is 0 Å². The van der Waals surface area contributed by atoms with Crippen molar-refractivity contribution in [1.29, 1.82) is 0 Å². The average molecular weight is 260 g/mol. The smallest absolute Gasteiger partial charge is 0.255 e. The highest BCUT2D eigenvalue weighted by Gasteiger charge is 2.28. The third-order valence-electron chi connectivity index (χ3n) is 4.18. The summed E-state index contributed by atoms with van der Waals surface area (Å²) < 4.78 is 5.58. The fourth-order valence-electron chi connectivity index (χ4n) is 2.91. The highest BCUT2D eigenvalue weighted by atomic mass is 16.5. The number of ether oxygens (including phenoxy) is 1. The third kappa shape index (κ3) is 2.32. The Hall–Kier alpha value is -1.55. The average Bonchev–Trinajstić information content (AvgIpc) is 2.55. The molecule has 1 unspecified atom stereocenters. The molecule has 2 aliphatic rings. The number of hydrogen-bond donors (Lipinski definition) is 2. The molecular weight excluding hydrogens is 240 g/mol. The van der Waals surface area contributed by atoms with Gasteiger partial charge in [0.25, 0.3) is 5.91 Å². The van der Waals surface area contributed by atoms with Crippen LogP contribution in [0.15, 0.2) is 18.2 Å². The van der Waals surface area contributed by atoms with E-state index in [2.05, 4.69) is 16.7 Å². The van der Waals surface area contributed by atoms with Gasteiger partial charge in [-0.2, -0.15) is 0 Å². The molecule has 0 saturated heterocycles. The van der Waals surface area contributed by atoms with Gasteiger partial charge in [-0.3, -0.25) is 4.79 Å². The molecule has 1 amide bonds. The minimum Gasteiger partial charge on any atom is -0.491 e. The summed E-state index contributed by atoms with van der Waals surface area (Å²) in [7, 11) is 1.99. The van der Waals surface area contributed by atoms with Crippen LogP contribution in [0, 0.1) is 5.92 Å². The molecule has 1 heterocycles. The molecule has 1 aromatic rings. The zero-order chi connectivity index (χ0) is 13.2. The maximum absolute atomic E-state index is 12.0. The summed E-state index contributed by atoms with van der Waals surface area (Å²) in [6.07, 6.45) is 3.86. The van der Waals surface area contributed by atoms with Crippen molar-refractivity contribution in [1.82, 2.24) is 10.6 Å². The lowest BCUT2D eigenvalue weighted by Gasteiger charge is -2.34. The van der Waals surface area contributed by atoms with Gasteiger partial charge in [0.2, 0.25) is 0 Å². The van der Waals surface area contributed by atoms with Gasteiger partial charge in [0.05, 0.1) is 12.1 Å². The third-order valence-corrected chi connectivity index (χ3v) is 4.18. The minimum absolute atomic E-state index is 0.0298. The molecule has 2 N–H and O–H groups in total. The van der Waals surface area contributed by atoms with Crippen molar-refractivity contribution in [2.45, 2.75) is 25.3 Å². The Bertz CT molecular complexity index is 483. The second kappa shape index (κ2) is 5.21. The monoisotopic (exact) mass is 260 g/mol. The molecule has 3 rings (SSSR count). The number of nitrogens with one attached hydrogen (secondary N) is 2. The summed E-state index contributed by atoms with van der Waals surface area (Å²) >= 11 is 0. The molecule has 4 heteroatoms. The van der Waals surface area contributed by atoms with Crippen molar-refractivity contribution in [2.24, 2.45) is 5.92 Å². The van der Waals surface area contributed by atoms with Gasteiger partial charge in [0, 0.05) is 6.04 Å². The SMILES string of the molecule is CNC(c1ccc2c(c1)C(=O)NCCO2)C1CCC1. The Kier molecular flexibility index (Phi) is 3.42. The van der Waals surface area contributed by atoms with Crippen molar-refractivity contribution < 1.29 is 9.53 Å². The van der Waals surface area contributed by atoms with E-state index in [-0.39, 0.29) is 5.91 Å². The molecule has 1 aromatic carbocycles. The largest absolute Gasteiger partial charge is 0.491 e. The van der Waals surface area contributed by atoms with Crippen LogP contribution in [0.2, 0.25) is 0 Å². The van der Waals surface area contributed by atoms with Gasteiger partial charge < -0.3 is 15.4 Å². The topological polar surface area (TPSA) is 50.4 Å². The van der Waals surface area contributed by atoms with Crippen LogP contribution in [-0.4, -0.2) is 26.1 Å². The number of hydrogen-bond acceptors (Lipinski definition) is 3. The lowest BCUT2D eigenvalue weighted by atomic mass is 9.77. The maximum Gasteiger partial charge on any atom is 0.255 e. The Labute approximate surface area is 113 Å². The van der Waals surface area contributed by atoms with E-state index >= 15 is 0 Å². The number of benzene rings is 1. The van der Waals surface area contributed by atoms with Crippen molar-refractivity contribution in [3.63, 3.8) is 0 Å². The first-order valence-corrected chi connectivity index (χ1v) is 7.02. The van der Waals surface area contributed by atoms with Crippen molar-refractivity contribution in [3.8, 4) is 5.75 Å². The van der Waals surface area contributed by atoms with E-state index in [9.17, 15) is 4.79 Å². The number of fused-ring (bicyclic) bond motifs is 1. The van der Waals surface area contributed by atoms with Crippen LogP contribution in [0.4, 0.5) is 0 Å². The first-order valence-electron chi connectivity index (χ1n) is 7.02. The zero-order valence-corrected chi connectivity index (χ0v) is 11.2. The standard InChI is InChI=1S/C15H20N2O2/c1-16-14(10-3-2-4-10)11-5-6-13-12(9-11)15(18)17-7-8-19-13/h5-6,9-10,14,16H,2-4,7-8H2,1H3,(H,17,18). The summed E-state index contributed by atoms with van der Waals surface area (Å²) in [5.41, 5.74) is 1.85. The fourth-order valence-corrected chi connectivity index (χ4v) is 2.91. The van der Waals surface area contributed by atoms with Crippen LogP contribution in [0.1, 0.15) is 41.2 Å². The molecule has 1 aliphatic carbocycles. The van der Waals surface area contributed by atoms with Crippen LogP contribution >= 0.6 is 0 Å². The summed E-state index contributed by atoms with van der Waals surface area (Å²) in [5, 5.41) is 6.24. The van der Waals surface area contributed by atoms with Crippen LogP contribution in [0.25, 0.3) is 0 Å². The van der Waals surface area contributed by atoms with Crippen LogP contribution in [0.5, 0.6) is 5.75 Å². The normalized spacial score (nSPS) is 20.6. The van der Waals surface area contributed by atoms with Crippen molar-refractivity contribution >= 4 is 5.91 Å². The molecule has 0 radical (unpaired) electrons. The van der Waals surface area contributed by atoms with Gasteiger partial charge >= 0.3 is 0 Å². The molecular formula is C15H20N2O2. The quantitative estimate of drug-likeness (QED) is 0.872. The zero-order valence-electron chi connectivity index (χ0n) is 11.2. The Morgan fingerprint density at radius 3 is 2.95 bits per heavy atom. The molecule has 1 aliphatic heterocycles. The van der Waals surface area contributed by atoms with Crippen LogP contribution in [0.3, 0.4) is 0 Å². The van der Waals surface area contributed by atoms with E-state index in [0.29, 0.717) is 36.4 Å². The van der Waals surface area contributed by atoms with Crippen molar-refractivity contribution in [2.75, 3.05) is 20.2 Å². The predicted octanol–water partition coefficient (Wildman–Crippen LogP) is 1.87. The van der Waals surface area contributed by atoms with E-state index in [1.54, 1.807) is 0 Å². The maximum atomic E-state index is 12.0. The van der Waals surface area contributed by atoms with E-state index in [0.717, 1.165) is 0 Å². The summed E-state index contributed by atoms with van der Waals surface area (Å²) in [6.45, 7) is 1.11. The Morgan fingerprint density at radius 2 is 2.26 bits per heavy atom. The van der Waals surface area contributed by atoms with Crippen LogP contribution < -0.4 is 15.4 Å². The number of carbonyl (C=O) groups is 1. The molecule has 0 spiro atoms. The number of rotatable bonds is 3. The van der Waals surface area contributed by atoms with Gasteiger partial charge in [-0.05, 0) is 43.5 Å². The first-order chi connectivity index (χ1) is 9.29. The first kappa shape index (κ1) is 12.5. The van der Waals surface area contributed by atoms with E-state index in [4.69, 9.17) is 4.74 Å². The molecule has 1 fully saturated rings. The van der Waals surface area contributed by atoms with E-state index < -0.39 is 0 Å². The van der Waals surface area contributed by atoms with Gasteiger partial charge in [0.1, 0.15) is 12.4 Å². The second-order valence-corrected chi connectivity index (χ2v) is 5.32. The highest BCUT2D eigenvalue weighted by molar-refractivity contribution is 5.97. The van der Waals surface area contributed by atoms with Gasteiger partial charge in [-0.25, -0.2) is 0 Å².